The van der Waals surface area contributed by atoms with Gasteiger partial charge in [0.15, 0.2) is 5.82 Å². The summed E-state index contributed by atoms with van der Waals surface area (Å²) in [6.07, 6.45) is 0. The Kier molecular flexibility index (Phi) is 6.69. The van der Waals surface area contributed by atoms with Crippen LogP contribution in [0.4, 0.5) is 17.1 Å². The summed E-state index contributed by atoms with van der Waals surface area (Å²) in [7, 11) is 0. The standard InChI is InChI=1S/C48H29N3OS/c1-3-17-34(18-4-1)51(35-19-5-2-6-20-35)39-23-13-24-40-43(39)42-38(29-32-16-9-10-21-36(32)46(42)52-40)48-49-44(33-27-26-30-14-7-8-15-31(30)28-33)47-45(50-48)37-22-11-12-25-41(37)53-47/h1-29H. The van der Waals surface area contributed by atoms with Crippen LogP contribution in [-0.4, -0.2) is 9.97 Å². The van der Waals surface area contributed by atoms with Gasteiger partial charge in [0.1, 0.15) is 11.2 Å². The molecule has 0 atom stereocenters. The van der Waals surface area contributed by atoms with Gasteiger partial charge in [-0.15, -0.1) is 11.3 Å². The lowest BCUT2D eigenvalue weighted by Gasteiger charge is -2.26. The Morgan fingerprint density at radius 1 is 0.509 bits per heavy atom. The summed E-state index contributed by atoms with van der Waals surface area (Å²) in [6.45, 7) is 0. The van der Waals surface area contributed by atoms with Crippen molar-refractivity contribution in [2.75, 3.05) is 4.90 Å². The van der Waals surface area contributed by atoms with Crippen molar-refractivity contribution < 1.29 is 4.42 Å². The van der Waals surface area contributed by atoms with Gasteiger partial charge in [0.05, 0.1) is 27.0 Å². The van der Waals surface area contributed by atoms with Crippen LogP contribution in [0.5, 0.6) is 0 Å². The molecule has 11 aromatic rings. The van der Waals surface area contributed by atoms with Gasteiger partial charge in [-0.05, 0) is 70.8 Å². The zero-order valence-corrected chi connectivity index (χ0v) is 29.2. The Morgan fingerprint density at radius 2 is 1.19 bits per heavy atom. The number of aromatic nitrogens is 2. The average molecular weight is 696 g/mol. The maximum atomic E-state index is 6.92. The Morgan fingerprint density at radius 3 is 1.98 bits per heavy atom. The molecule has 3 heterocycles. The Hall–Kier alpha value is -6.82. The molecule has 0 aliphatic rings. The quantitative estimate of drug-likeness (QED) is 0.180. The minimum Gasteiger partial charge on any atom is -0.455 e. The summed E-state index contributed by atoms with van der Waals surface area (Å²) in [5.74, 6) is 0.670. The van der Waals surface area contributed by atoms with Crippen LogP contribution >= 0.6 is 11.3 Å². The van der Waals surface area contributed by atoms with E-state index in [9.17, 15) is 0 Å². The van der Waals surface area contributed by atoms with Crippen LogP contribution in [0.25, 0.3) is 86.4 Å². The van der Waals surface area contributed by atoms with E-state index in [4.69, 9.17) is 14.4 Å². The van der Waals surface area contributed by atoms with E-state index in [1.54, 1.807) is 11.3 Å². The maximum absolute atomic E-state index is 6.92. The molecular weight excluding hydrogens is 667 g/mol. The van der Waals surface area contributed by atoms with Gasteiger partial charge in [0.25, 0.3) is 0 Å². The van der Waals surface area contributed by atoms with Crippen LogP contribution in [0.2, 0.25) is 0 Å². The molecule has 0 amide bonds. The molecule has 8 aromatic carbocycles. The maximum Gasteiger partial charge on any atom is 0.161 e. The summed E-state index contributed by atoms with van der Waals surface area (Å²) < 4.78 is 9.19. The molecule has 0 aliphatic heterocycles. The van der Waals surface area contributed by atoms with E-state index in [0.717, 1.165) is 82.2 Å². The number of nitrogens with zero attached hydrogens (tertiary/aromatic N) is 3. The molecule has 0 saturated heterocycles. The minimum atomic E-state index is 0.670. The fourth-order valence-corrected chi connectivity index (χ4v) is 8.98. The van der Waals surface area contributed by atoms with Crippen molar-refractivity contribution in [2.45, 2.75) is 0 Å². The molecule has 11 rings (SSSR count). The predicted molar refractivity (Wildman–Crippen MR) is 223 cm³/mol. The van der Waals surface area contributed by atoms with Crippen LogP contribution in [0.3, 0.4) is 0 Å². The lowest BCUT2D eigenvalue weighted by atomic mass is 9.98. The molecule has 3 aromatic heterocycles. The highest BCUT2D eigenvalue weighted by molar-refractivity contribution is 7.26. The topological polar surface area (TPSA) is 42.2 Å². The number of para-hydroxylation sites is 2. The molecule has 0 radical (unpaired) electrons. The first-order valence-electron chi connectivity index (χ1n) is 17.7. The summed E-state index contributed by atoms with van der Waals surface area (Å²) in [6, 6.07) is 61.8. The van der Waals surface area contributed by atoms with Gasteiger partial charge in [-0.25, -0.2) is 9.97 Å². The fraction of sp³-hybridized carbons (Fsp3) is 0. The number of furan rings is 1. The van der Waals surface area contributed by atoms with E-state index >= 15 is 0 Å². The van der Waals surface area contributed by atoms with E-state index in [1.165, 1.54) is 15.5 Å². The summed E-state index contributed by atoms with van der Waals surface area (Å²) in [5, 5.41) is 7.65. The van der Waals surface area contributed by atoms with Gasteiger partial charge < -0.3 is 9.32 Å². The van der Waals surface area contributed by atoms with E-state index in [0.29, 0.717) is 5.82 Å². The number of rotatable bonds is 5. The molecule has 248 valence electrons. The minimum absolute atomic E-state index is 0.670. The summed E-state index contributed by atoms with van der Waals surface area (Å²) >= 11 is 1.75. The van der Waals surface area contributed by atoms with Crippen LogP contribution in [0.1, 0.15) is 0 Å². The molecular formula is C48H29N3OS. The molecule has 0 fully saturated rings. The van der Waals surface area contributed by atoms with Gasteiger partial charge in [0.2, 0.25) is 0 Å². The van der Waals surface area contributed by atoms with Gasteiger partial charge in [-0.3, -0.25) is 0 Å². The highest BCUT2D eigenvalue weighted by Gasteiger charge is 2.25. The second-order valence-corrected chi connectivity index (χ2v) is 14.4. The smallest absolute Gasteiger partial charge is 0.161 e. The zero-order valence-electron chi connectivity index (χ0n) is 28.4. The van der Waals surface area contributed by atoms with Gasteiger partial charge >= 0.3 is 0 Å². The van der Waals surface area contributed by atoms with Crippen molar-refractivity contribution in [3.8, 4) is 22.6 Å². The number of thiophene rings is 1. The molecule has 0 aliphatic carbocycles. The van der Waals surface area contributed by atoms with Crippen molar-refractivity contribution in [1.82, 2.24) is 9.97 Å². The highest BCUT2D eigenvalue weighted by atomic mass is 32.1. The van der Waals surface area contributed by atoms with E-state index in [1.807, 2.05) is 0 Å². The second kappa shape index (κ2) is 11.9. The molecule has 5 heteroatoms. The molecule has 53 heavy (non-hydrogen) atoms. The van der Waals surface area contributed by atoms with Crippen molar-refractivity contribution >= 4 is 92.2 Å². The van der Waals surface area contributed by atoms with Crippen LogP contribution in [-0.2, 0) is 0 Å². The molecule has 0 saturated carbocycles. The third-order valence-corrected chi connectivity index (χ3v) is 11.4. The third kappa shape index (κ3) is 4.75. The second-order valence-electron chi connectivity index (χ2n) is 13.3. The largest absolute Gasteiger partial charge is 0.455 e. The number of anilines is 3. The Balaban J connectivity index is 1.27. The van der Waals surface area contributed by atoms with E-state index in [-0.39, 0.29) is 0 Å². The zero-order chi connectivity index (χ0) is 34.9. The monoisotopic (exact) mass is 695 g/mol. The lowest BCUT2D eigenvalue weighted by molar-refractivity contribution is 0.673. The number of benzene rings is 8. The van der Waals surface area contributed by atoms with Crippen molar-refractivity contribution in [3.05, 3.63) is 176 Å². The molecule has 0 bridgehead atoms. The van der Waals surface area contributed by atoms with Crippen molar-refractivity contribution in [2.24, 2.45) is 0 Å². The number of hydrogen-bond donors (Lipinski definition) is 0. The van der Waals surface area contributed by atoms with Gasteiger partial charge in [-0.2, -0.15) is 0 Å². The van der Waals surface area contributed by atoms with E-state index in [2.05, 4.69) is 181 Å². The lowest BCUT2D eigenvalue weighted by Crippen LogP contribution is -2.10. The fourth-order valence-electron chi connectivity index (χ4n) is 7.82. The normalized spacial score (nSPS) is 11.8. The summed E-state index contributed by atoms with van der Waals surface area (Å²) in [5.41, 5.74) is 8.67. The third-order valence-electron chi connectivity index (χ3n) is 10.2. The van der Waals surface area contributed by atoms with Crippen molar-refractivity contribution in [3.63, 3.8) is 0 Å². The molecule has 4 nitrogen and oxygen atoms in total. The average Bonchev–Trinajstić information content (AvgIpc) is 3.81. The van der Waals surface area contributed by atoms with Crippen molar-refractivity contribution in [1.29, 1.82) is 0 Å². The highest BCUT2D eigenvalue weighted by Crippen LogP contribution is 2.48. The molecule has 0 N–H and O–H groups in total. The first kappa shape index (κ1) is 29.9. The van der Waals surface area contributed by atoms with E-state index < -0.39 is 0 Å². The van der Waals surface area contributed by atoms with Gasteiger partial charge in [0, 0.05) is 43.4 Å². The Labute approximate surface area is 308 Å². The summed E-state index contributed by atoms with van der Waals surface area (Å²) in [4.78, 5) is 13.3. The van der Waals surface area contributed by atoms with Gasteiger partial charge in [-0.1, -0.05) is 121 Å². The first-order chi connectivity index (χ1) is 26.3. The number of fused-ring (bicyclic) bond motifs is 9. The van der Waals surface area contributed by atoms with Crippen LogP contribution in [0.15, 0.2) is 180 Å². The first-order valence-corrected chi connectivity index (χ1v) is 18.6. The SMILES string of the molecule is c1ccc(N(c2ccccc2)c2cccc3oc4c5ccccc5cc(-c5nc(-c6ccc7ccccc7c6)c6sc7ccccc7c6n5)c4c23)cc1. The predicted octanol–water partition coefficient (Wildman–Crippen LogP) is 13.9. The van der Waals surface area contributed by atoms with Crippen LogP contribution < -0.4 is 4.90 Å². The molecule has 0 unspecified atom stereocenters. The number of hydrogen-bond acceptors (Lipinski definition) is 5. The molecule has 0 spiro atoms. The van der Waals surface area contributed by atoms with Crippen LogP contribution in [0, 0.1) is 0 Å². The Bertz CT molecular complexity index is 3150.